The Morgan fingerprint density at radius 3 is 2.47 bits per heavy atom. The lowest BCUT2D eigenvalue weighted by atomic mass is 9.90. The molecule has 1 aliphatic carbocycles. The lowest BCUT2D eigenvalue weighted by Gasteiger charge is -2.41. The first-order valence-corrected chi connectivity index (χ1v) is 16.9. The number of furan rings is 1. The number of rotatable bonds is 7. The van der Waals surface area contributed by atoms with Gasteiger partial charge in [-0.05, 0) is 55.7 Å². The van der Waals surface area contributed by atoms with E-state index in [0.29, 0.717) is 60.0 Å². The molecule has 1 saturated heterocycles. The second-order valence-corrected chi connectivity index (χ2v) is 13.0. The van der Waals surface area contributed by atoms with Crippen molar-refractivity contribution in [2.75, 3.05) is 36.8 Å². The minimum Gasteiger partial charge on any atom is -0.461 e. The van der Waals surface area contributed by atoms with Crippen molar-refractivity contribution in [3.8, 4) is 11.6 Å². The Labute approximate surface area is 282 Å². The molecule has 250 valence electrons. The third-order valence-electron chi connectivity index (χ3n) is 9.93. The number of hydrogen-bond acceptors (Lipinski definition) is 9. The molecule has 1 saturated carbocycles. The summed E-state index contributed by atoms with van der Waals surface area (Å²) in [4.78, 5) is 41.3. The highest BCUT2D eigenvalue weighted by Gasteiger charge is 2.43. The van der Waals surface area contributed by atoms with Gasteiger partial charge < -0.3 is 25.3 Å². The van der Waals surface area contributed by atoms with Gasteiger partial charge in [0.1, 0.15) is 0 Å². The standard InChI is InChI=1S/C36H38N10O3/c1-36(25-11-4-2-5-12-25,46-32-28(23-38-46)31-40-30(29-16-9-21-49-29)42-45(31)35(37)41-32)34(48)44-19-17-43(18-20-44)27-15-8-10-24(22-27)33(47)39-26-13-6-3-7-14-26/h2,4-5,8-12,15-16,21-23,26H,3,6-7,13-14,17-20H2,1H3,(H2,37,41)(H,39,47). The van der Waals surface area contributed by atoms with E-state index in [4.69, 9.17) is 15.2 Å². The summed E-state index contributed by atoms with van der Waals surface area (Å²) in [5.41, 5.74) is 8.45. The fourth-order valence-electron chi connectivity index (χ4n) is 7.18. The predicted molar refractivity (Wildman–Crippen MR) is 185 cm³/mol. The van der Waals surface area contributed by atoms with Crippen molar-refractivity contribution in [2.45, 2.75) is 50.6 Å². The second kappa shape index (κ2) is 12.4. The molecule has 2 fully saturated rings. The number of piperazine rings is 1. The number of hydrogen-bond donors (Lipinski definition) is 2. The van der Waals surface area contributed by atoms with Crippen LogP contribution in [0.4, 0.5) is 11.6 Å². The Kier molecular flexibility index (Phi) is 7.73. The van der Waals surface area contributed by atoms with Crippen molar-refractivity contribution in [3.05, 3.63) is 90.3 Å². The number of nitrogens with one attached hydrogen (secondary N) is 1. The topological polar surface area (TPSA) is 153 Å². The molecule has 0 spiro atoms. The van der Waals surface area contributed by atoms with Crippen molar-refractivity contribution in [1.29, 1.82) is 0 Å². The summed E-state index contributed by atoms with van der Waals surface area (Å²) in [6.45, 7) is 4.10. The van der Waals surface area contributed by atoms with E-state index in [-0.39, 0.29) is 23.8 Å². The molecular formula is C36H38N10O3. The van der Waals surface area contributed by atoms with Gasteiger partial charge >= 0.3 is 0 Å². The number of nitrogen functional groups attached to an aromatic ring is 1. The molecule has 49 heavy (non-hydrogen) atoms. The molecule has 0 radical (unpaired) electrons. The van der Waals surface area contributed by atoms with Crippen molar-refractivity contribution in [2.24, 2.45) is 0 Å². The summed E-state index contributed by atoms with van der Waals surface area (Å²) in [5.74, 6) is 0.848. The fraction of sp³-hybridized carbons (Fsp3) is 0.333. The van der Waals surface area contributed by atoms with Gasteiger partial charge in [0.05, 0.1) is 17.8 Å². The van der Waals surface area contributed by atoms with Crippen LogP contribution in [0.3, 0.4) is 0 Å². The molecule has 2 aliphatic rings. The third kappa shape index (κ3) is 5.44. The van der Waals surface area contributed by atoms with Gasteiger partial charge in [-0.25, -0.2) is 9.67 Å². The largest absolute Gasteiger partial charge is 0.461 e. The van der Waals surface area contributed by atoms with E-state index in [1.165, 1.54) is 10.9 Å². The Balaban J connectivity index is 1.07. The highest BCUT2D eigenvalue weighted by atomic mass is 16.3. The molecule has 4 aromatic heterocycles. The minimum atomic E-state index is -1.25. The summed E-state index contributed by atoms with van der Waals surface area (Å²) >= 11 is 0. The fourth-order valence-corrected chi connectivity index (χ4v) is 7.18. The molecule has 1 atom stereocenters. The number of nitrogens with zero attached hydrogens (tertiary/aromatic N) is 8. The molecule has 13 heteroatoms. The van der Waals surface area contributed by atoms with E-state index in [1.54, 1.807) is 29.3 Å². The van der Waals surface area contributed by atoms with Crippen LogP contribution in [0.1, 0.15) is 54.9 Å². The first-order chi connectivity index (χ1) is 23.9. The van der Waals surface area contributed by atoms with E-state index in [9.17, 15) is 9.59 Å². The van der Waals surface area contributed by atoms with Gasteiger partial charge in [0.2, 0.25) is 11.8 Å². The van der Waals surface area contributed by atoms with E-state index < -0.39 is 5.54 Å². The van der Waals surface area contributed by atoms with Crippen LogP contribution in [-0.2, 0) is 10.3 Å². The van der Waals surface area contributed by atoms with Gasteiger partial charge in [0.15, 0.2) is 22.6 Å². The highest BCUT2D eigenvalue weighted by molar-refractivity contribution is 5.96. The van der Waals surface area contributed by atoms with Crippen LogP contribution in [-0.4, -0.2) is 78.3 Å². The normalized spacial score (nSPS) is 17.0. The quantitative estimate of drug-likeness (QED) is 0.253. The molecule has 8 rings (SSSR count). The molecule has 2 aromatic carbocycles. The zero-order valence-electron chi connectivity index (χ0n) is 27.3. The number of carbonyl (C=O) groups excluding carboxylic acids is 2. The molecule has 13 nitrogen and oxygen atoms in total. The number of nitrogens with two attached hydrogens (primary N) is 1. The predicted octanol–water partition coefficient (Wildman–Crippen LogP) is 4.49. The number of anilines is 2. The smallest absolute Gasteiger partial charge is 0.255 e. The molecule has 1 aliphatic heterocycles. The third-order valence-corrected chi connectivity index (χ3v) is 9.93. The van der Waals surface area contributed by atoms with Gasteiger partial charge in [0.25, 0.3) is 11.8 Å². The summed E-state index contributed by atoms with van der Waals surface area (Å²) in [6.07, 6.45) is 8.86. The van der Waals surface area contributed by atoms with E-state index in [0.717, 1.165) is 36.9 Å². The van der Waals surface area contributed by atoms with Crippen molar-refractivity contribution < 1.29 is 14.0 Å². The summed E-state index contributed by atoms with van der Waals surface area (Å²) in [7, 11) is 0. The Morgan fingerprint density at radius 1 is 0.918 bits per heavy atom. The van der Waals surface area contributed by atoms with Gasteiger partial charge in [-0.1, -0.05) is 55.7 Å². The molecule has 3 N–H and O–H groups in total. The molecule has 6 aromatic rings. The summed E-state index contributed by atoms with van der Waals surface area (Å²) in [6, 6.07) is 21.2. The van der Waals surface area contributed by atoms with Crippen LogP contribution in [0, 0.1) is 0 Å². The zero-order valence-corrected chi connectivity index (χ0v) is 27.3. The van der Waals surface area contributed by atoms with E-state index in [2.05, 4.69) is 25.3 Å². The average molecular weight is 659 g/mol. The zero-order chi connectivity index (χ0) is 33.5. The van der Waals surface area contributed by atoms with Gasteiger partial charge in [-0.2, -0.15) is 14.6 Å². The Morgan fingerprint density at radius 2 is 1.71 bits per heavy atom. The van der Waals surface area contributed by atoms with Gasteiger partial charge in [0, 0.05) is 43.5 Å². The highest BCUT2D eigenvalue weighted by Crippen LogP contribution is 2.34. The maximum atomic E-state index is 14.7. The molecule has 1 unspecified atom stereocenters. The maximum absolute atomic E-state index is 14.7. The van der Waals surface area contributed by atoms with Crippen molar-refractivity contribution in [3.63, 3.8) is 0 Å². The number of aromatic nitrogens is 6. The molecule has 0 bridgehead atoms. The Hall–Kier alpha value is -5.72. The minimum absolute atomic E-state index is 0.0255. The average Bonchev–Trinajstić information content (AvgIpc) is 3.93. The maximum Gasteiger partial charge on any atom is 0.255 e. The SMILES string of the molecule is CC(C(=O)N1CCN(c2cccc(C(=O)NC3CCCCC3)c2)CC1)(c1ccccc1)n1ncc2c1nc(N)n1nc(-c3ccco3)nc21. The monoisotopic (exact) mass is 658 g/mol. The van der Waals surface area contributed by atoms with E-state index >= 15 is 0 Å². The second-order valence-electron chi connectivity index (χ2n) is 13.0. The number of fused-ring (bicyclic) bond motifs is 3. The number of benzene rings is 2. The van der Waals surface area contributed by atoms with Crippen LogP contribution < -0.4 is 16.0 Å². The van der Waals surface area contributed by atoms with Crippen LogP contribution in [0.2, 0.25) is 0 Å². The number of amides is 2. The number of carbonyl (C=O) groups is 2. The molecule has 5 heterocycles. The van der Waals surface area contributed by atoms with Gasteiger partial charge in [-0.3, -0.25) is 9.59 Å². The van der Waals surface area contributed by atoms with Crippen LogP contribution in [0.15, 0.2) is 83.6 Å². The first kappa shape index (κ1) is 30.6. The lowest BCUT2D eigenvalue weighted by molar-refractivity contribution is -0.138. The van der Waals surface area contributed by atoms with Crippen molar-refractivity contribution in [1.82, 2.24) is 39.6 Å². The van der Waals surface area contributed by atoms with Crippen LogP contribution >= 0.6 is 0 Å². The van der Waals surface area contributed by atoms with E-state index in [1.807, 2.05) is 66.4 Å². The Bertz CT molecular complexity index is 2130. The van der Waals surface area contributed by atoms with Crippen LogP contribution in [0.25, 0.3) is 28.3 Å². The van der Waals surface area contributed by atoms with Crippen molar-refractivity contribution >= 4 is 40.1 Å². The molecular weight excluding hydrogens is 620 g/mol. The van der Waals surface area contributed by atoms with Gasteiger partial charge in [-0.15, -0.1) is 5.10 Å². The summed E-state index contributed by atoms with van der Waals surface area (Å²) < 4.78 is 8.62. The van der Waals surface area contributed by atoms with Crippen LogP contribution in [0.5, 0.6) is 0 Å². The first-order valence-electron chi connectivity index (χ1n) is 16.9. The summed E-state index contributed by atoms with van der Waals surface area (Å²) in [5, 5.41) is 13.1. The lowest BCUT2D eigenvalue weighted by Crippen LogP contribution is -2.56. The molecule has 2 amide bonds.